The number of amides is 1. The van der Waals surface area contributed by atoms with E-state index in [0.29, 0.717) is 11.4 Å². The van der Waals surface area contributed by atoms with E-state index in [0.717, 1.165) is 5.75 Å². The summed E-state index contributed by atoms with van der Waals surface area (Å²) in [6, 6.07) is 12.3. The monoisotopic (exact) mass is 276 g/mol. The van der Waals surface area contributed by atoms with E-state index in [1.165, 1.54) is 0 Å². The average molecular weight is 277 g/mol. The van der Waals surface area contributed by atoms with Crippen molar-refractivity contribution >= 4 is 23.3 Å². The molecule has 1 atom stereocenters. The van der Waals surface area contributed by atoms with E-state index in [1.807, 2.05) is 0 Å². The van der Waals surface area contributed by atoms with Gasteiger partial charge in [-0.1, -0.05) is 18.2 Å². The number of aromatic nitrogens is 1. The number of ether oxygens (including phenoxy) is 1. The number of hydrogen-bond acceptors (Lipinski definition) is 3. The van der Waals surface area contributed by atoms with Crippen molar-refractivity contribution in [3.05, 3.63) is 54.2 Å². The highest BCUT2D eigenvalue weighted by atomic mass is 35.5. The van der Waals surface area contributed by atoms with Crippen LogP contribution in [0.25, 0.3) is 0 Å². The maximum absolute atomic E-state index is 12.0. The van der Waals surface area contributed by atoms with E-state index >= 15 is 0 Å². The summed E-state index contributed by atoms with van der Waals surface area (Å²) < 4.78 is 5.05. The van der Waals surface area contributed by atoms with Crippen LogP contribution in [0.3, 0.4) is 0 Å². The fourth-order valence-electron chi connectivity index (χ4n) is 1.55. The SMILES string of the molecule is COc1ccc(C(Cl)C(=O)Nc2ccccn2)cc1. The van der Waals surface area contributed by atoms with Gasteiger partial charge in [0.25, 0.3) is 0 Å². The van der Waals surface area contributed by atoms with Gasteiger partial charge in [-0.25, -0.2) is 4.98 Å². The number of alkyl halides is 1. The molecule has 0 saturated heterocycles. The molecule has 0 radical (unpaired) electrons. The van der Waals surface area contributed by atoms with Crippen LogP contribution in [-0.4, -0.2) is 18.0 Å². The minimum Gasteiger partial charge on any atom is -0.497 e. The molecule has 5 heteroatoms. The van der Waals surface area contributed by atoms with Crippen LogP contribution in [0.2, 0.25) is 0 Å². The highest BCUT2D eigenvalue weighted by Gasteiger charge is 2.18. The van der Waals surface area contributed by atoms with Gasteiger partial charge in [-0.2, -0.15) is 0 Å². The molecular weight excluding hydrogens is 264 g/mol. The van der Waals surface area contributed by atoms with E-state index in [-0.39, 0.29) is 5.91 Å². The minimum absolute atomic E-state index is 0.314. The molecule has 1 aromatic heterocycles. The van der Waals surface area contributed by atoms with Crippen LogP contribution in [-0.2, 0) is 4.79 Å². The Morgan fingerprint density at radius 1 is 1.26 bits per heavy atom. The molecule has 98 valence electrons. The average Bonchev–Trinajstić information content (AvgIpc) is 2.47. The highest BCUT2D eigenvalue weighted by Crippen LogP contribution is 2.24. The molecule has 0 aliphatic carbocycles. The summed E-state index contributed by atoms with van der Waals surface area (Å²) in [7, 11) is 1.58. The number of methoxy groups -OCH3 is 1. The summed E-state index contributed by atoms with van der Waals surface area (Å²) in [5.41, 5.74) is 0.705. The molecule has 2 aromatic rings. The highest BCUT2D eigenvalue weighted by molar-refractivity contribution is 6.32. The largest absolute Gasteiger partial charge is 0.497 e. The Hall–Kier alpha value is -2.07. The third-order valence-corrected chi connectivity index (χ3v) is 3.00. The molecule has 0 aliphatic heterocycles. The third kappa shape index (κ3) is 3.45. The van der Waals surface area contributed by atoms with Crippen molar-refractivity contribution in [2.45, 2.75) is 5.38 Å². The zero-order valence-electron chi connectivity index (χ0n) is 10.3. The molecule has 4 nitrogen and oxygen atoms in total. The van der Waals surface area contributed by atoms with Crippen LogP contribution in [0.1, 0.15) is 10.9 Å². The minimum atomic E-state index is -0.770. The summed E-state index contributed by atoms with van der Waals surface area (Å²) in [6.45, 7) is 0. The molecule has 1 N–H and O–H groups in total. The van der Waals surface area contributed by atoms with E-state index in [2.05, 4.69) is 10.3 Å². The standard InChI is InChI=1S/C14H13ClN2O2/c1-19-11-7-5-10(6-8-11)13(15)14(18)17-12-4-2-3-9-16-12/h2-9,13H,1H3,(H,16,17,18). The van der Waals surface area contributed by atoms with Crippen molar-refractivity contribution in [2.75, 3.05) is 12.4 Å². The lowest BCUT2D eigenvalue weighted by atomic mass is 10.1. The Kier molecular flexibility index (Phi) is 4.36. The van der Waals surface area contributed by atoms with Gasteiger partial charge < -0.3 is 10.1 Å². The summed E-state index contributed by atoms with van der Waals surface area (Å²) in [5, 5.41) is 1.89. The van der Waals surface area contributed by atoms with Crippen molar-refractivity contribution < 1.29 is 9.53 Å². The summed E-state index contributed by atoms with van der Waals surface area (Å²) in [5.74, 6) is 0.884. The number of carbonyl (C=O) groups is 1. The second-order valence-electron chi connectivity index (χ2n) is 3.84. The van der Waals surface area contributed by atoms with Crippen LogP contribution in [0.4, 0.5) is 5.82 Å². The first kappa shape index (κ1) is 13.4. The molecule has 2 rings (SSSR count). The number of rotatable bonds is 4. The second kappa shape index (κ2) is 6.20. The van der Waals surface area contributed by atoms with Crippen molar-refractivity contribution in [3.8, 4) is 5.75 Å². The van der Waals surface area contributed by atoms with Crippen LogP contribution in [0.15, 0.2) is 48.7 Å². The number of halogens is 1. The van der Waals surface area contributed by atoms with Gasteiger partial charge in [0.05, 0.1) is 7.11 Å². The van der Waals surface area contributed by atoms with Crippen molar-refractivity contribution in [2.24, 2.45) is 0 Å². The molecule has 0 saturated carbocycles. The number of anilines is 1. The molecule has 0 fully saturated rings. The second-order valence-corrected chi connectivity index (χ2v) is 4.28. The van der Waals surface area contributed by atoms with Crippen molar-refractivity contribution in [1.29, 1.82) is 0 Å². The topological polar surface area (TPSA) is 51.2 Å². The number of carbonyl (C=O) groups excluding carboxylic acids is 1. The zero-order chi connectivity index (χ0) is 13.7. The molecule has 1 amide bonds. The molecule has 0 bridgehead atoms. The van der Waals surface area contributed by atoms with Gasteiger partial charge in [0.1, 0.15) is 16.9 Å². The zero-order valence-corrected chi connectivity index (χ0v) is 11.1. The fraction of sp³-hybridized carbons (Fsp3) is 0.143. The third-order valence-electron chi connectivity index (χ3n) is 2.55. The van der Waals surface area contributed by atoms with Gasteiger partial charge in [-0.05, 0) is 29.8 Å². The van der Waals surface area contributed by atoms with Crippen molar-refractivity contribution in [1.82, 2.24) is 4.98 Å². The van der Waals surface area contributed by atoms with E-state index in [9.17, 15) is 4.79 Å². The maximum Gasteiger partial charge on any atom is 0.248 e. The van der Waals surface area contributed by atoms with Gasteiger partial charge in [-0.15, -0.1) is 11.6 Å². The number of pyridine rings is 1. The first-order chi connectivity index (χ1) is 9.20. The Bertz CT molecular complexity index is 543. The summed E-state index contributed by atoms with van der Waals surface area (Å²) in [6.07, 6.45) is 1.60. The van der Waals surface area contributed by atoms with Gasteiger partial charge in [-0.3, -0.25) is 4.79 Å². The molecule has 1 unspecified atom stereocenters. The number of hydrogen-bond donors (Lipinski definition) is 1. The lowest BCUT2D eigenvalue weighted by Crippen LogP contribution is -2.17. The van der Waals surface area contributed by atoms with E-state index in [4.69, 9.17) is 16.3 Å². The Morgan fingerprint density at radius 3 is 2.58 bits per heavy atom. The molecular formula is C14H13ClN2O2. The number of nitrogens with one attached hydrogen (secondary N) is 1. The van der Waals surface area contributed by atoms with Gasteiger partial charge >= 0.3 is 0 Å². The Balaban J connectivity index is 2.06. The predicted molar refractivity (Wildman–Crippen MR) is 74.5 cm³/mol. The Labute approximate surface area is 116 Å². The van der Waals surface area contributed by atoms with Crippen LogP contribution < -0.4 is 10.1 Å². The molecule has 19 heavy (non-hydrogen) atoms. The molecule has 1 aromatic carbocycles. The maximum atomic E-state index is 12.0. The van der Waals surface area contributed by atoms with Crippen LogP contribution in [0.5, 0.6) is 5.75 Å². The van der Waals surface area contributed by atoms with Gasteiger partial charge in [0, 0.05) is 6.20 Å². The smallest absolute Gasteiger partial charge is 0.248 e. The molecule has 0 spiro atoms. The van der Waals surface area contributed by atoms with E-state index in [1.54, 1.807) is 55.8 Å². The predicted octanol–water partition coefficient (Wildman–Crippen LogP) is 3.01. The summed E-state index contributed by atoms with van der Waals surface area (Å²) >= 11 is 6.12. The number of benzene rings is 1. The van der Waals surface area contributed by atoms with E-state index < -0.39 is 5.38 Å². The quantitative estimate of drug-likeness (QED) is 0.874. The first-order valence-corrected chi connectivity index (χ1v) is 6.14. The summed E-state index contributed by atoms with van der Waals surface area (Å²) in [4.78, 5) is 16.0. The van der Waals surface area contributed by atoms with Crippen LogP contribution >= 0.6 is 11.6 Å². The van der Waals surface area contributed by atoms with Crippen molar-refractivity contribution in [3.63, 3.8) is 0 Å². The first-order valence-electron chi connectivity index (χ1n) is 5.70. The Morgan fingerprint density at radius 2 is 2.00 bits per heavy atom. The van der Waals surface area contributed by atoms with Gasteiger partial charge in [0.15, 0.2) is 0 Å². The van der Waals surface area contributed by atoms with Crippen LogP contribution in [0, 0.1) is 0 Å². The molecule has 1 heterocycles. The molecule has 0 aliphatic rings. The lowest BCUT2D eigenvalue weighted by Gasteiger charge is -2.10. The fourth-order valence-corrected chi connectivity index (χ4v) is 1.75. The number of nitrogens with zero attached hydrogens (tertiary/aromatic N) is 1. The normalized spacial score (nSPS) is 11.7. The lowest BCUT2D eigenvalue weighted by molar-refractivity contribution is -0.116. The van der Waals surface area contributed by atoms with Gasteiger partial charge in [0.2, 0.25) is 5.91 Å².